The summed E-state index contributed by atoms with van der Waals surface area (Å²) in [7, 11) is 0. The van der Waals surface area contributed by atoms with Gasteiger partial charge in [0, 0.05) is 12.0 Å². The molecule has 3 nitrogen and oxygen atoms in total. The van der Waals surface area contributed by atoms with E-state index < -0.39 is 5.54 Å². The Morgan fingerprint density at radius 1 is 1.15 bits per heavy atom. The van der Waals surface area contributed by atoms with E-state index in [4.69, 9.17) is 4.74 Å². The highest BCUT2D eigenvalue weighted by Gasteiger charge is 2.38. The third kappa shape index (κ3) is 1.97. The summed E-state index contributed by atoms with van der Waals surface area (Å²) in [6.45, 7) is 0.423. The van der Waals surface area contributed by atoms with Gasteiger partial charge in [0.25, 0.3) is 0 Å². The van der Waals surface area contributed by atoms with Crippen molar-refractivity contribution in [2.24, 2.45) is 0 Å². The van der Waals surface area contributed by atoms with Crippen LogP contribution in [0, 0.1) is 17.1 Å². The minimum Gasteiger partial charge on any atom is -0.493 e. The molecule has 100 valence electrons. The summed E-state index contributed by atoms with van der Waals surface area (Å²) in [4.78, 5) is 0. The van der Waals surface area contributed by atoms with Crippen molar-refractivity contribution >= 4 is 5.69 Å². The van der Waals surface area contributed by atoms with Crippen LogP contribution < -0.4 is 10.1 Å². The second kappa shape index (κ2) is 4.86. The van der Waals surface area contributed by atoms with E-state index in [9.17, 15) is 9.65 Å². The normalized spacial score (nSPS) is 20.4. The lowest BCUT2D eigenvalue weighted by atomic mass is 9.85. The Balaban J connectivity index is 2.06. The SMILES string of the molecule is N#CC1(Nc2ccccc2F)CCOc2ccccc21. The molecule has 0 radical (unpaired) electrons. The monoisotopic (exact) mass is 268 g/mol. The molecule has 0 spiro atoms. The standard InChI is InChI=1S/C16H13FN2O/c17-13-6-2-3-7-14(13)19-16(11-18)9-10-20-15-8-4-1-5-12(15)16/h1-8,19H,9-10H2. The summed E-state index contributed by atoms with van der Waals surface area (Å²) >= 11 is 0. The van der Waals surface area contributed by atoms with Gasteiger partial charge in [-0.05, 0) is 18.2 Å². The number of rotatable bonds is 2. The molecule has 0 amide bonds. The highest BCUT2D eigenvalue weighted by molar-refractivity contribution is 5.55. The van der Waals surface area contributed by atoms with E-state index in [1.54, 1.807) is 18.2 Å². The molecular formula is C16H13FN2O. The van der Waals surface area contributed by atoms with E-state index >= 15 is 0 Å². The second-order valence-electron chi connectivity index (χ2n) is 4.72. The van der Waals surface area contributed by atoms with Crippen molar-refractivity contribution in [2.45, 2.75) is 12.0 Å². The van der Waals surface area contributed by atoms with Gasteiger partial charge in [-0.15, -0.1) is 0 Å². The first-order chi connectivity index (χ1) is 9.75. The van der Waals surface area contributed by atoms with Crippen LogP contribution in [0.25, 0.3) is 0 Å². The molecule has 0 aromatic heterocycles. The van der Waals surface area contributed by atoms with E-state index in [-0.39, 0.29) is 5.82 Å². The smallest absolute Gasteiger partial charge is 0.157 e. The zero-order chi connectivity index (χ0) is 14.0. The Labute approximate surface area is 116 Å². The maximum atomic E-state index is 13.8. The van der Waals surface area contributed by atoms with Gasteiger partial charge in [-0.25, -0.2) is 4.39 Å². The Hall–Kier alpha value is -2.54. The second-order valence-corrected chi connectivity index (χ2v) is 4.72. The van der Waals surface area contributed by atoms with Gasteiger partial charge < -0.3 is 10.1 Å². The fourth-order valence-electron chi connectivity index (χ4n) is 2.46. The third-order valence-corrected chi connectivity index (χ3v) is 3.49. The molecule has 4 heteroatoms. The van der Waals surface area contributed by atoms with Crippen LogP contribution >= 0.6 is 0 Å². The number of nitrogens with zero attached hydrogens (tertiary/aromatic N) is 1. The maximum absolute atomic E-state index is 13.8. The molecule has 1 atom stereocenters. The Morgan fingerprint density at radius 2 is 1.90 bits per heavy atom. The first kappa shape index (κ1) is 12.5. The molecule has 3 rings (SSSR count). The average Bonchev–Trinajstić information content (AvgIpc) is 2.50. The van der Waals surface area contributed by atoms with Crippen molar-refractivity contribution in [1.82, 2.24) is 0 Å². The van der Waals surface area contributed by atoms with Crippen LogP contribution in [0.5, 0.6) is 5.75 Å². The minimum absolute atomic E-state index is 0.325. The summed E-state index contributed by atoms with van der Waals surface area (Å²) in [6, 6.07) is 16.0. The predicted molar refractivity (Wildman–Crippen MR) is 73.9 cm³/mol. The summed E-state index contributed by atoms with van der Waals surface area (Å²) in [5.41, 5.74) is 0.111. The van der Waals surface area contributed by atoms with E-state index in [1.807, 2.05) is 24.3 Å². The van der Waals surface area contributed by atoms with Crippen LogP contribution in [0.2, 0.25) is 0 Å². The summed E-state index contributed by atoms with van der Waals surface area (Å²) in [5, 5.41) is 12.7. The summed E-state index contributed by atoms with van der Waals surface area (Å²) < 4.78 is 19.4. The molecule has 0 aliphatic carbocycles. The fraction of sp³-hybridized carbons (Fsp3) is 0.188. The number of nitrogens with one attached hydrogen (secondary N) is 1. The van der Waals surface area contributed by atoms with Gasteiger partial charge in [0.1, 0.15) is 11.6 Å². The number of benzene rings is 2. The van der Waals surface area contributed by atoms with Crippen molar-refractivity contribution < 1.29 is 9.13 Å². The Kier molecular flexibility index (Phi) is 3.03. The van der Waals surface area contributed by atoms with E-state index in [0.29, 0.717) is 24.5 Å². The van der Waals surface area contributed by atoms with Crippen LogP contribution in [0.3, 0.4) is 0 Å². The first-order valence-corrected chi connectivity index (χ1v) is 6.41. The topological polar surface area (TPSA) is 45.0 Å². The van der Waals surface area contributed by atoms with Gasteiger partial charge in [-0.3, -0.25) is 0 Å². The number of anilines is 1. The van der Waals surface area contributed by atoms with Crippen LogP contribution in [0.15, 0.2) is 48.5 Å². The van der Waals surface area contributed by atoms with Crippen molar-refractivity contribution in [3.8, 4) is 11.8 Å². The molecule has 1 unspecified atom stereocenters. The predicted octanol–water partition coefficient (Wildman–Crippen LogP) is 3.44. The number of hydrogen-bond donors (Lipinski definition) is 1. The van der Waals surface area contributed by atoms with Crippen LogP contribution in [-0.4, -0.2) is 6.61 Å². The zero-order valence-electron chi connectivity index (χ0n) is 10.8. The number of hydrogen-bond acceptors (Lipinski definition) is 3. The molecule has 1 N–H and O–H groups in total. The lowest BCUT2D eigenvalue weighted by Gasteiger charge is -2.34. The zero-order valence-corrected chi connectivity index (χ0v) is 10.8. The fourth-order valence-corrected chi connectivity index (χ4v) is 2.46. The first-order valence-electron chi connectivity index (χ1n) is 6.41. The van der Waals surface area contributed by atoms with Gasteiger partial charge in [0.05, 0.1) is 18.4 Å². The number of nitriles is 1. The molecule has 1 heterocycles. The Bertz CT molecular complexity index is 680. The lowest BCUT2D eigenvalue weighted by Crippen LogP contribution is -2.39. The Morgan fingerprint density at radius 3 is 2.70 bits per heavy atom. The van der Waals surface area contributed by atoms with Crippen LogP contribution in [0.4, 0.5) is 10.1 Å². The number of para-hydroxylation sites is 2. The van der Waals surface area contributed by atoms with Crippen molar-refractivity contribution in [3.05, 3.63) is 59.9 Å². The van der Waals surface area contributed by atoms with Gasteiger partial charge >= 0.3 is 0 Å². The molecule has 1 aliphatic heterocycles. The molecule has 2 aromatic rings. The van der Waals surface area contributed by atoms with Gasteiger partial charge in [-0.2, -0.15) is 5.26 Å². The largest absolute Gasteiger partial charge is 0.493 e. The van der Waals surface area contributed by atoms with Crippen molar-refractivity contribution in [1.29, 1.82) is 5.26 Å². The van der Waals surface area contributed by atoms with Crippen molar-refractivity contribution in [3.63, 3.8) is 0 Å². The van der Waals surface area contributed by atoms with E-state index in [2.05, 4.69) is 11.4 Å². The molecule has 0 saturated heterocycles. The minimum atomic E-state index is -0.961. The highest BCUT2D eigenvalue weighted by atomic mass is 19.1. The van der Waals surface area contributed by atoms with Gasteiger partial charge in [0.2, 0.25) is 0 Å². The lowest BCUT2D eigenvalue weighted by molar-refractivity contribution is 0.253. The molecule has 2 aromatic carbocycles. The maximum Gasteiger partial charge on any atom is 0.157 e. The molecule has 0 saturated carbocycles. The summed E-state index contributed by atoms with van der Waals surface area (Å²) in [5.74, 6) is 0.301. The average molecular weight is 268 g/mol. The van der Waals surface area contributed by atoms with Crippen LogP contribution in [0.1, 0.15) is 12.0 Å². The highest BCUT2D eigenvalue weighted by Crippen LogP contribution is 2.39. The summed E-state index contributed by atoms with van der Waals surface area (Å²) in [6.07, 6.45) is 0.467. The molecule has 20 heavy (non-hydrogen) atoms. The number of halogens is 1. The van der Waals surface area contributed by atoms with E-state index in [0.717, 1.165) is 5.56 Å². The van der Waals surface area contributed by atoms with Gasteiger partial charge in [-0.1, -0.05) is 30.3 Å². The number of ether oxygens (including phenoxy) is 1. The van der Waals surface area contributed by atoms with E-state index in [1.165, 1.54) is 6.07 Å². The van der Waals surface area contributed by atoms with Crippen molar-refractivity contribution in [2.75, 3.05) is 11.9 Å². The molecule has 0 bridgehead atoms. The molecule has 1 aliphatic rings. The molecule has 0 fully saturated rings. The quantitative estimate of drug-likeness (QED) is 0.907. The van der Waals surface area contributed by atoms with Crippen LogP contribution in [-0.2, 0) is 5.54 Å². The number of fused-ring (bicyclic) bond motifs is 1. The molecular weight excluding hydrogens is 255 g/mol. The van der Waals surface area contributed by atoms with Gasteiger partial charge in [0.15, 0.2) is 5.54 Å². The third-order valence-electron chi connectivity index (χ3n) is 3.49.